The van der Waals surface area contributed by atoms with Crippen LogP contribution in [0.1, 0.15) is 17.6 Å². The summed E-state index contributed by atoms with van der Waals surface area (Å²) in [5.41, 5.74) is 0. The van der Waals surface area contributed by atoms with E-state index in [9.17, 15) is 9.59 Å². The predicted molar refractivity (Wildman–Crippen MR) is 105 cm³/mol. The molecule has 1 aliphatic heterocycles. The number of anilines is 1. The van der Waals surface area contributed by atoms with Gasteiger partial charge in [-0.25, -0.2) is 4.98 Å². The number of hydrogen-bond acceptors (Lipinski definition) is 7. The van der Waals surface area contributed by atoms with Gasteiger partial charge in [0.1, 0.15) is 17.6 Å². The second-order valence-corrected chi connectivity index (χ2v) is 7.05. The Kier molecular flexibility index (Phi) is 7.69. The molecule has 2 aromatic heterocycles. The first-order chi connectivity index (χ1) is 12.5. The third kappa shape index (κ3) is 5.47. The summed E-state index contributed by atoms with van der Waals surface area (Å²) in [7, 11) is 1.92. The number of thioether (sulfide) groups is 1. The number of piperazine rings is 1. The molecule has 3 rings (SSSR count). The minimum absolute atomic E-state index is 0. The number of hydrogen-bond donors (Lipinski definition) is 2. The van der Waals surface area contributed by atoms with E-state index in [4.69, 9.17) is 4.52 Å². The summed E-state index contributed by atoms with van der Waals surface area (Å²) >= 11 is 1.28. The number of aromatic nitrogens is 3. The Bertz CT molecular complexity index is 780. The van der Waals surface area contributed by atoms with Crippen molar-refractivity contribution in [1.29, 1.82) is 0 Å². The summed E-state index contributed by atoms with van der Waals surface area (Å²) in [6.45, 7) is 3.81. The van der Waals surface area contributed by atoms with Gasteiger partial charge in [-0.1, -0.05) is 5.16 Å². The second-order valence-electron chi connectivity index (χ2n) is 6.07. The first kappa shape index (κ1) is 21.3. The first-order valence-corrected chi connectivity index (χ1v) is 9.48. The quantitative estimate of drug-likeness (QED) is 0.725. The molecule has 27 heavy (non-hydrogen) atoms. The Labute approximate surface area is 167 Å². The molecule has 2 amide bonds. The summed E-state index contributed by atoms with van der Waals surface area (Å²) in [5, 5.41) is 9.66. The normalized spacial score (nSPS) is 16.7. The van der Waals surface area contributed by atoms with Gasteiger partial charge in [-0.2, -0.15) is 0 Å². The van der Waals surface area contributed by atoms with Gasteiger partial charge in [0.15, 0.2) is 5.82 Å². The highest BCUT2D eigenvalue weighted by atomic mass is 35.5. The summed E-state index contributed by atoms with van der Waals surface area (Å²) in [4.78, 5) is 30.8. The van der Waals surface area contributed by atoms with Crippen LogP contribution >= 0.6 is 24.2 Å². The summed E-state index contributed by atoms with van der Waals surface area (Å²) in [5.74, 6) is 2.09. The van der Waals surface area contributed by atoms with Gasteiger partial charge in [0.25, 0.3) is 0 Å². The molecule has 2 aromatic rings. The molecule has 0 aliphatic carbocycles. The molecule has 9 nitrogen and oxygen atoms in total. The maximum Gasteiger partial charge on any atom is 0.235 e. The number of carbonyl (C=O) groups is 2. The topological polar surface area (TPSA) is 105 Å². The van der Waals surface area contributed by atoms with Crippen LogP contribution in [0.2, 0.25) is 0 Å². The van der Waals surface area contributed by atoms with E-state index in [-0.39, 0.29) is 41.8 Å². The molecule has 0 saturated carbocycles. The summed E-state index contributed by atoms with van der Waals surface area (Å²) < 4.78 is 6.83. The van der Waals surface area contributed by atoms with Gasteiger partial charge in [0, 0.05) is 45.1 Å². The number of halogens is 1. The van der Waals surface area contributed by atoms with Crippen molar-refractivity contribution in [2.24, 2.45) is 7.05 Å². The monoisotopic (exact) mass is 414 g/mol. The van der Waals surface area contributed by atoms with Crippen LogP contribution < -0.4 is 10.6 Å². The number of nitrogens with zero attached hydrogens (tertiary/aromatic N) is 4. The molecule has 1 unspecified atom stereocenters. The van der Waals surface area contributed by atoms with E-state index in [0.717, 1.165) is 12.4 Å². The standard InChI is InChI=1S/C16H22N6O3S.ClH/c1-11-7-13(20-25-11)19-14(23)9-26-10-15(24)22-6-3-17-8-12(22)16-18-4-5-21(16)2;/h4-5,7,12,17H,3,6,8-10H2,1-2H3,(H,19,20,23);1H. The molecule has 148 valence electrons. The summed E-state index contributed by atoms with van der Waals surface area (Å²) in [6, 6.07) is 1.55. The fourth-order valence-corrected chi connectivity index (χ4v) is 3.55. The van der Waals surface area contributed by atoms with E-state index < -0.39 is 0 Å². The number of amides is 2. The van der Waals surface area contributed by atoms with Crippen molar-refractivity contribution in [2.75, 3.05) is 36.5 Å². The highest BCUT2D eigenvalue weighted by molar-refractivity contribution is 8.00. The summed E-state index contributed by atoms with van der Waals surface area (Å²) in [6.07, 6.45) is 3.61. The minimum Gasteiger partial charge on any atom is -0.360 e. The van der Waals surface area contributed by atoms with Gasteiger partial charge in [-0.3, -0.25) is 9.59 Å². The second kappa shape index (κ2) is 9.77. The largest absolute Gasteiger partial charge is 0.360 e. The highest BCUT2D eigenvalue weighted by Gasteiger charge is 2.30. The van der Waals surface area contributed by atoms with Crippen LogP contribution in [0.15, 0.2) is 23.0 Å². The van der Waals surface area contributed by atoms with Gasteiger partial charge in [-0.05, 0) is 6.92 Å². The van der Waals surface area contributed by atoms with Crippen molar-refractivity contribution in [3.05, 3.63) is 30.0 Å². The lowest BCUT2D eigenvalue weighted by atomic mass is 10.1. The Balaban J connectivity index is 0.00000261. The number of nitrogens with one attached hydrogen (secondary N) is 2. The van der Waals surface area contributed by atoms with E-state index >= 15 is 0 Å². The smallest absolute Gasteiger partial charge is 0.235 e. The number of rotatable bonds is 6. The van der Waals surface area contributed by atoms with Crippen molar-refractivity contribution < 1.29 is 14.1 Å². The van der Waals surface area contributed by atoms with Gasteiger partial charge in [0.2, 0.25) is 11.8 Å². The lowest BCUT2D eigenvalue weighted by Gasteiger charge is -2.35. The van der Waals surface area contributed by atoms with E-state index in [0.29, 0.717) is 24.7 Å². The lowest BCUT2D eigenvalue weighted by Crippen LogP contribution is -2.50. The third-order valence-corrected chi connectivity index (χ3v) is 4.99. The Morgan fingerprint density at radius 3 is 2.93 bits per heavy atom. The van der Waals surface area contributed by atoms with Crippen molar-refractivity contribution in [3.63, 3.8) is 0 Å². The SMILES string of the molecule is Cc1cc(NC(=O)CSCC(=O)N2CCNCC2c2nccn2C)no1.Cl. The maximum atomic E-state index is 12.6. The molecule has 3 heterocycles. The highest BCUT2D eigenvalue weighted by Crippen LogP contribution is 2.21. The van der Waals surface area contributed by atoms with Crippen LogP contribution in [0.3, 0.4) is 0 Å². The van der Waals surface area contributed by atoms with Gasteiger partial charge >= 0.3 is 0 Å². The van der Waals surface area contributed by atoms with Crippen LogP contribution in [0.4, 0.5) is 5.82 Å². The van der Waals surface area contributed by atoms with Crippen LogP contribution in [-0.4, -0.2) is 62.6 Å². The van der Waals surface area contributed by atoms with Gasteiger partial charge in [0.05, 0.1) is 11.5 Å². The molecule has 0 spiro atoms. The van der Waals surface area contributed by atoms with Crippen molar-refractivity contribution in [2.45, 2.75) is 13.0 Å². The number of aryl methyl sites for hydroxylation is 2. The van der Waals surface area contributed by atoms with E-state index in [2.05, 4.69) is 20.8 Å². The zero-order valence-corrected chi connectivity index (χ0v) is 16.8. The van der Waals surface area contributed by atoms with Crippen molar-refractivity contribution >= 4 is 41.8 Å². The molecule has 0 bridgehead atoms. The van der Waals surface area contributed by atoms with E-state index in [1.807, 2.05) is 22.7 Å². The lowest BCUT2D eigenvalue weighted by molar-refractivity contribution is -0.131. The van der Waals surface area contributed by atoms with E-state index in [1.165, 1.54) is 11.8 Å². The van der Waals surface area contributed by atoms with Crippen LogP contribution in [0, 0.1) is 6.92 Å². The first-order valence-electron chi connectivity index (χ1n) is 8.33. The minimum atomic E-state index is -0.211. The third-order valence-electron chi connectivity index (χ3n) is 4.07. The molecule has 1 fully saturated rings. The Hall–Kier alpha value is -2.04. The molecule has 0 aromatic carbocycles. The average molecular weight is 415 g/mol. The van der Waals surface area contributed by atoms with Crippen LogP contribution in [0.25, 0.3) is 0 Å². The predicted octanol–water partition coefficient (Wildman–Crippen LogP) is 0.983. The number of imidazole rings is 1. The molecule has 1 atom stereocenters. The average Bonchev–Trinajstić information content (AvgIpc) is 3.23. The fourth-order valence-electron chi connectivity index (χ4n) is 2.85. The molecule has 1 saturated heterocycles. The molecule has 11 heteroatoms. The van der Waals surface area contributed by atoms with Gasteiger partial charge in [-0.15, -0.1) is 24.2 Å². The molecule has 1 aliphatic rings. The molecule has 0 radical (unpaired) electrons. The van der Waals surface area contributed by atoms with Crippen molar-refractivity contribution in [3.8, 4) is 0 Å². The van der Waals surface area contributed by atoms with Crippen molar-refractivity contribution in [1.82, 2.24) is 24.9 Å². The fraction of sp³-hybridized carbons (Fsp3) is 0.500. The Morgan fingerprint density at radius 2 is 2.26 bits per heavy atom. The molecular weight excluding hydrogens is 392 g/mol. The maximum absolute atomic E-state index is 12.6. The zero-order valence-electron chi connectivity index (χ0n) is 15.2. The van der Waals surface area contributed by atoms with Crippen LogP contribution in [-0.2, 0) is 16.6 Å². The van der Waals surface area contributed by atoms with E-state index in [1.54, 1.807) is 19.2 Å². The Morgan fingerprint density at radius 1 is 1.44 bits per heavy atom. The number of carbonyl (C=O) groups excluding carboxylic acids is 2. The molecule has 2 N–H and O–H groups in total. The molecular formula is C16H23ClN6O3S. The van der Waals surface area contributed by atoms with Crippen LogP contribution in [0.5, 0.6) is 0 Å². The zero-order chi connectivity index (χ0) is 18.5. The van der Waals surface area contributed by atoms with Gasteiger partial charge < -0.3 is 24.6 Å².